The highest BCUT2D eigenvalue weighted by Gasteiger charge is 2.29. The summed E-state index contributed by atoms with van der Waals surface area (Å²) in [5, 5.41) is 0. The number of hydrogen-bond donors (Lipinski definition) is 0. The second-order valence-electron chi connectivity index (χ2n) is 4.17. The Morgan fingerprint density at radius 1 is 1.42 bits per heavy atom. The summed E-state index contributed by atoms with van der Waals surface area (Å²) in [5.74, 6) is 1.57. The monoisotopic (exact) mass is 164 g/mol. The first kappa shape index (κ1) is 8.03. The molecular weight excluding hydrogens is 148 g/mol. The molecule has 1 saturated carbocycles. The Morgan fingerprint density at radius 2 is 2.25 bits per heavy atom. The highest BCUT2D eigenvalue weighted by atomic mass is 16.1. The lowest BCUT2D eigenvalue weighted by Gasteiger charge is -2.33. The minimum absolute atomic E-state index is 0.293. The van der Waals surface area contributed by atoms with E-state index in [1.807, 2.05) is 0 Å². The summed E-state index contributed by atoms with van der Waals surface area (Å²) in [6.45, 7) is 1.74. The Hall–Kier alpha value is -0.590. The van der Waals surface area contributed by atoms with Crippen LogP contribution in [0, 0.1) is 11.8 Å². The molecule has 1 heteroatoms. The lowest BCUT2D eigenvalue weighted by atomic mass is 9.72. The predicted octanol–water partition coefficient (Wildman–Crippen LogP) is 2.71. The van der Waals surface area contributed by atoms with Crippen molar-refractivity contribution in [2.24, 2.45) is 11.8 Å². The van der Waals surface area contributed by atoms with E-state index in [-0.39, 0.29) is 0 Å². The molecule has 2 bridgehead atoms. The van der Waals surface area contributed by atoms with Crippen molar-refractivity contribution in [1.29, 1.82) is 0 Å². The van der Waals surface area contributed by atoms with E-state index in [0.717, 1.165) is 12.3 Å². The molecule has 12 heavy (non-hydrogen) atoms. The van der Waals surface area contributed by atoms with Crippen LogP contribution >= 0.6 is 0 Å². The number of ketones is 1. The summed E-state index contributed by atoms with van der Waals surface area (Å²) in [4.78, 5) is 11.3. The minimum atomic E-state index is 0.293. The number of carbonyl (C=O) groups is 1. The fourth-order valence-corrected chi connectivity index (χ4v) is 2.61. The molecule has 1 unspecified atom stereocenters. The molecule has 2 aliphatic carbocycles. The molecule has 0 saturated heterocycles. The van der Waals surface area contributed by atoms with Crippen LogP contribution in [-0.2, 0) is 4.79 Å². The lowest BCUT2D eigenvalue weighted by Crippen LogP contribution is -2.24. The van der Waals surface area contributed by atoms with Gasteiger partial charge in [-0.25, -0.2) is 0 Å². The molecule has 0 radical (unpaired) electrons. The van der Waals surface area contributed by atoms with E-state index >= 15 is 0 Å². The average molecular weight is 164 g/mol. The summed E-state index contributed by atoms with van der Waals surface area (Å²) in [5.41, 5.74) is 1.45. The third-order valence-corrected chi connectivity index (χ3v) is 3.31. The van der Waals surface area contributed by atoms with Gasteiger partial charge in [0.25, 0.3) is 0 Å². The Bertz CT molecular complexity index is 227. The van der Waals surface area contributed by atoms with Crippen molar-refractivity contribution in [3.8, 4) is 0 Å². The first-order chi connectivity index (χ1) is 5.77. The molecule has 2 atom stereocenters. The van der Waals surface area contributed by atoms with Crippen LogP contribution in [0.4, 0.5) is 0 Å². The molecular formula is C11H16O. The summed E-state index contributed by atoms with van der Waals surface area (Å²) in [6.07, 6.45) is 8.48. The smallest absolute Gasteiger partial charge is 0.136 e. The maximum atomic E-state index is 11.3. The molecule has 0 aromatic heterocycles. The predicted molar refractivity (Wildman–Crippen MR) is 48.8 cm³/mol. The molecule has 0 amide bonds. The van der Waals surface area contributed by atoms with E-state index in [1.54, 1.807) is 6.92 Å². The first-order valence-electron chi connectivity index (χ1n) is 4.96. The maximum absolute atomic E-state index is 11.3. The summed E-state index contributed by atoms with van der Waals surface area (Å²) >= 11 is 0. The molecule has 0 N–H and O–H groups in total. The average Bonchev–Trinajstić information content (AvgIpc) is 2.04. The van der Waals surface area contributed by atoms with Crippen LogP contribution in [0.25, 0.3) is 0 Å². The van der Waals surface area contributed by atoms with Crippen LogP contribution in [0.2, 0.25) is 0 Å². The molecule has 0 aromatic carbocycles. The van der Waals surface area contributed by atoms with Gasteiger partial charge in [-0.2, -0.15) is 0 Å². The fourth-order valence-electron chi connectivity index (χ4n) is 2.61. The molecule has 66 valence electrons. The van der Waals surface area contributed by atoms with Crippen LogP contribution in [0.15, 0.2) is 11.6 Å². The van der Waals surface area contributed by atoms with Gasteiger partial charge < -0.3 is 0 Å². The van der Waals surface area contributed by atoms with Gasteiger partial charge >= 0.3 is 0 Å². The zero-order valence-corrected chi connectivity index (χ0v) is 7.68. The zero-order chi connectivity index (χ0) is 8.55. The van der Waals surface area contributed by atoms with Gasteiger partial charge in [0.15, 0.2) is 0 Å². The first-order valence-corrected chi connectivity index (χ1v) is 4.96. The summed E-state index contributed by atoms with van der Waals surface area (Å²) in [6, 6.07) is 0. The van der Waals surface area contributed by atoms with Crippen molar-refractivity contribution in [2.45, 2.75) is 39.0 Å². The van der Waals surface area contributed by atoms with Crippen molar-refractivity contribution in [1.82, 2.24) is 0 Å². The number of carbonyl (C=O) groups excluding carboxylic acids is 1. The topological polar surface area (TPSA) is 17.1 Å². The van der Waals surface area contributed by atoms with Gasteiger partial charge in [-0.3, -0.25) is 4.79 Å². The molecule has 0 aromatic rings. The molecule has 1 fully saturated rings. The Kier molecular flexibility index (Phi) is 2.03. The normalized spacial score (nSPS) is 34.2. The lowest BCUT2D eigenvalue weighted by molar-refractivity contribution is -0.120. The molecule has 2 rings (SSSR count). The Morgan fingerprint density at radius 3 is 3.00 bits per heavy atom. The number of fused-ring (bicyclic) bond motifs is 2. The number of rotatable bonds is 1. The molecule has 0 aliphatic heterocycles. The van der Waals surface area contributed by atoms with Crippen LogP contribution < -0.4 is 0 Å². The van der Waals surface area contributed by atoms with Crippen molar-refractivity contribution >= 4 is 5.78 Å². The fraction of sp³-hybridized carbons (Fsp3) is 0.727. The summed E-state index contributed by atoms with van der Waals surface area (Å²) in [7, 11) is 0. The minimum Gasteiger partial charge on any atom is -0.299 e. The second kappa shape index (κ2) is 3.04. The largest absolute Gasteiger partial charge is 0.299 e. The Balaban J connectivity index is 2.17. The maximum Gasteiger partial charge on any atom is 0.136 e. The number of allylic oxidation sites excluding steroid dienone is 2. The van der Waals surface area contributed by atoms with Gasteiger partial charge in [0.2, 0.25) is 0 Å². The van der Waals surface area contributed by atoms with Crippen LogP contribution in [0.5, 0.6) is 0 Å². The van der Waals surface area contributed by atoms with E-state index in [4.69, 9.17) is 0 Å². The third-order valence-electron chi connectivity index (χ3n) is 3.31. The van der Waals surface area contributed by atoms with E-state index in [1.165, 1.54) is 31.3 Å². The Labute approximate surface area is 73.8 Å². The van der Waals surface area contributed by atoms with Crippen LogP contribution in [0.1, 0.15) is 39.0 Å². The quantitative estimate of drug-likeness (QED) is 0.544. The molecule has 2 aliphatic rings. The van der Waals surface area contributed by atoms with E-state index < -0.39 is 0 Å². The van der Waals surface area contributed by atoms with Gasteiger partial charge in [0.1, 0.15) is 5.78 Å². The van der Waals surface area contributed by atoms with E-state index in [0.29, 0.717) is 11.7 Å². The van der Waals surface area contributed by atoms with Gasteiger partial charge in [-0.15, -0.1) is 0 Å². The number of Topliss-reactive ketones (excluding diaryl/α,β-unsaturated/α-hetero) is 1. The van der Waals surface area contributed by atoms with Crippen molar-refractivity contribution in [3.63, 3.8) is 0 Å². The van der Waals surface area contributed by atoms with Crippen LogP contribution in [0.3, 0.4) is 0 Å². The van der Waals surface area contributed by atoms with Crippen molar-refractivity contribution in [3.05, 3.63) is 11.6 Å². The van der Waals surface area contributed by atoms with E-state index in [2.05, 4.69) is 6.08 Å². The molecule has 0 heterocycles. The third kappa shape index (κ3) is 1.33. The van der Waals surface area contributed by atoms with Crippen molar-refractivity contribution in [2.75, 3.05) is 0 Å². The van der Waals surface area contributed by atoms with Gasteiger partial charge in [-0.1, -0.05) is 11.6 Å². The van der Waals surface area contributed by atoms with Gasteiger partial charge in [0, 0.05) is 5.92 Å². The highest BCUT2D eigenvalue weighted by Crippen LogP contribution is 2.39. The second-order valence-corrected chi connectivity index (χ2v) is 4.17. The molecule has 0 spiro atoms. The van der Waals surface area contributed by atoms with Crippen LogP contribution in [-0.4, -0.2) is 5.78 Å². The standard InChI is InChI=1S/C11H16O/c1-8(12)11-6-5-9-3-2-4-10(11)7-9/h4,9,11H,2-3,5-7H2,1H3/t9-,11?/m1/s1. The van der Waals surface area contributed by atoms with Gasteiger partial charge in [-0.05, 0) is 44.9 Å². The zero-order valence-electron chi connectivity index (χ0n) is 7.68. The SMILES string of the molecule is CC(=O)C1CC[C@H]2CCC=C1C2. The van der Waals surface area contributed by atoms with Gasteiger partial charge in [0.05, 0.1) is 0 Å². The summed E-state index contributed by atoms with van der Waals surface area (Å²) < 4.78 is 0. The van der Waals surface area contributed by atoms with E-state index in [9.17, 15) is 4.79 Å². The number of hydrogen-bond acceptors (Lipinski definition) is 1. The highest BCUT2D eigenvalue weighted by molar-refractivity contribution is 5.81. The molecule has 1 nitrogen and oxygen atoms in total. The van der Waals surface area contributed by atoms with Crippen molar-refractivity contribution < 1.29 is 4.79 Å².